The molecular weight excluding hydrogens is 283 g/mol. The van der Waals surface area contributed by atoms with Crippen molar-refractivity contribution in [3.63, 3.8) is 0 Å². The van der Waals surface area contributed by atoms with Crippen LogP contribution in [0.15, 0.2) is 24.3 Å². The molecule has 1 N–H and O–H groups in total. The molecule has 1 saturated heterocycles. The van der Waals surface area contributed by atoms with Gasteiger partial charge in [-0.3, -0.25) is 0 Å². The largest absolute Gasteiger partial charge is 0.489 e. The maximum atomic E-state index is 13.4. The molecule has 0 aliphatic carbocycles. The molecule has 0 unspecified atom stereocenters. The van der Waals surface area contributed by atoms with Crippen molar-refractivity contribution in [3.05, 3.63) is 30.1 Å². The predicted molar refractivity (Wildman–Crippen MR) is 74.2 cm³/mol. The molecule has 0 spiro atoms. The Morgan fingerprint density at radius 2 is 2.00 bits per heavy atom. The fourth-order valence-corrected chi connectivity index (χ4v) is 3.53. The lowest BCUT2D eigenvalue weighted by atomic mass is 10.3. The Morgan fingerprint density at radius 3 is 2.65 bits per heavy atom. The van der Waals surface area contributed by atoms with E-state index in [0.717, 1.165) is 12.8 Å². The van der Waals surface area contributed by atoms with Crippen LogP contribution in [0.25, 0.3) is 0 Å². The van der Waals surface area contributed by atoms with Crippen LogP contribution >= 0.6 is 0 Å². The highest BCUT2D eigenvalue weighted by atomic mass is 32.2. The Hall–Kier alpha value is -1.18. The monoisotopic (exact) mass is 302 g/mol. The van der Waals surface area contributed by atoms with Gasteiger partial charge < -0.3 is 4.74 Å². The molecule has 5 nitrogen and oxygen atoms in total. The molecule has 0 bridgehead atoms. The number of hydrogen-bond donors (Lipinski definition) is 1. The first-order chi connectivity index (χ1) is 9.49. The second-order valence-corrected chi connectivity index (χ2v) is 6.57. The third-order valence-corrected chi connectivity index (χ3v) is 4.83. The van der Waals surface area contributed by atoms with Gasteiger partial charge in [0.05, 0.1) is 6.04 Å². The van der Waals surface area contributed by atoms with Gasteiger partial charge in [-0.2, -0.15) is 17.4 Å². The van der Waals surface area contributed by atoms with Gasteiger partial charge >= 0.3 is 0 Å². The van der Waals surface area contributed by atoms with Crippen LogP contribution in [0.4, 0.5) is 4.39 Å². The number of para-hydroxylation sites is 1. The molecule has 7 heteroatoms. The summed E-state index contributed by atoms with van der Waals surface area (Å²) in [5.41, 5.74) is 0. The van der Waals surface area contributed by atoms with Crippen molar-refractivity contribution in [2.45, 2.75) is 25.8 Å². The molecule has 0 radical (unpaired) electrons. The molecule has 2 rings (SSSR count). The third-order valence-electron chi connectivity index (χ3n) is 3.08. The second kappa shape index (κ2) is 6.51. The molecular formula is C13H19FN2O3S. The lowest BCUT2D eigenvalue weighted by Crippen LogP contribution is -2.45. The van der Waals surface area contributed by atoms with E-state index in [-0.39, 0.29) is 12.4 Å². The van der Waals surface area contributed by atoms with Crippen molar-refractivity contribution in [3.8, 4) is 5.75 Å². The summed E-state index contributed by atoms with van der Waals surface area (Å²) >= 11 is 0. The Kier molecular flexibility index (Phi) is 4.95. The number of nitrogens with zero attached hydrogens (tertiary/aromatic N) is 1. The first-order valence-corrected chi connectivity index (χ1v) is 8.08. The molecule has 20 heavy (non-hydrogen) atoms. The molecule has 1 atom stereocenters. The van der Waals surface area contributed by atoms with Crippen molar-refractivity contribution in [1.29, 1.82) is 0 Å². The van der Waals surface area contributed by atoms with Crippen LogP contribution in [0, 0.1) is 5.82 Å². The number of benzene rings is 1. The van der Waals surface area contributed by atoms with Crippen LogP contribution in [0.2, 0.25) is 0 Å². The van der Waals surface area contributed by atoms with E-state index in [1.807, 2.05) is 0 Å². The van der Waals surface area contributed by atoms with Crippen molar-refractivity contribution >= 4 is 10.2 Å². The molecule has 0 aromatic heterocycles. The van der Waals surface area contributed by atoms with Gasteiger partial charge in [-0.05, 0) is 31.9 Å². The molecule has 1 aliphatic rings. The molecule has 1 aliphatic heterocycles. The third kappa shape index (κ3) is 3.91. The number of rotatable bonds is 6. The average Bonchev–Trinajstić information content (AvgIpc) is 2.92. The van der Waals surface area contributed by atoms with Crippen LogP contribution in [-0.4, -0.2) is 38.5 Å². The number of hydrogen-bond acceptors (Lipinski definition) is 3. The van der Waals surface area contributed by atoms with Crippen molar-refractivity contribution in [1.82, 2.24) is 9.03 Å². The van der Waals surface area contributed by atoms with Crippen molar-refractivity contribution < 1.29 is 17.5 Å². The van der Waals surface area contributed by atoms with E-state index in [2.05, 4.69) is 4.72 Å². The maximum Gasteiger partial charge on any atom is 0.279 e. The van der Waals surface area contributed by atoms with E-state index in [9.17, 15) is 12.8 Å². The summed E-state index contributed by atoms with van der Waals surface area (Å²) in [5, 5.41) is 0. The lowest BCUT2D eigenvalue weighted by molar-refractivity contribution is 0.272. The predicted octanol–water partition coefficient (Wildman–Crippen LogP) is 1.52. The van der Waals surface area contributed by atoms with Gasteiger partial charge in [-0.15, -0.1) is 0 Å². The molecule has 1 fully saturated rings. The highest BCUT2D eigenvalue weighted by molar-refractivity contribution is 7.87. The first kappa shape index (κ1) is 15.2. The highest BCUT2D eigenvalue weighted by Gasteiger charge is 2.26. The van der Waals surface area contributed by atoms with Gasteiger partial charge in [-0.1, -0.05) is 12.1 Å². The molecule has 112 valence electrons. The van der Waals surface area contributed by atoms with E-state index in [0.29, 0.717) is 13.1 Å². The van der Waals surface area contributed by atoms with Gasteiger partial charge in [0.15, 0.2) is 11.6 Å². The van der Waals surface area contributed by atoms with Crippen LogP contribution in [0.1, 0.15) is 19.8 Å². The normalized spacial score (nSPS) is 18.1. The number of halogens is 1. The highest BCUT2D eigenvalue weighted by Crippen LogP contribution is 2.16. The molecule has 1 heterocycles. The maximum absolute atomic E-state index is 13.4. The van der Waals surface area contributed by atoms with E-state index in [1.54, 1.807) is 19.1 Å². The van der Waals surface area contributed by atoms with E-state index in [1.165, 1.54) is 16.4 Å². The quantitative estimate of drug-likeness (QED) is 0.867. The summed E-state index contributed by atoms with van der Waals surface area (Å²) in [5.74, 6) is -0.332. The standard InChI is InChI=1S/C13H19FN2O3S/c1-11(10-19-13-7-3-2-6-12(13)14)15-20(17,18)16-8-4-5-9-16/h2-3,6-7,11,15H,4-5,8-10H2,1H3/t11-/m0/s1. The van der Waals surface area contributed by atoms with Gasteiger partial charge in [-0.25, -0.2) is 4.39 Å². The Labute approximate surface area is 118 Å². The number of nitrogens with one attached hydrogen (secondary N) is 1. The van der Waals surface area contributed by atoms with Gasteiger partial charge in [0.1, 0.15) is 6.61 Å². The van der Waals surface area contributed by atoms with Crippen molar-refractivity contribution in [2.24, 2.45) is 0 Å². The lowest BCUT2D eigenvalue weighted by Gasteiger charge is -2.20. The van der Waals surface area contributed by atoms with Crippen LogP contribution in [-0.2, 0) is 10.2 Å². The minimum Gasteiger partial charge on any atom is -0.489 e. The zero-order valence-electron chi connectivity index (χ0n) is 11.4. The van der Waals surface area contributed by atoms with Crippen LogP contribution in [0.3, 0.4) is 0 Å². The summed E-state index contributed by atoms with van der Waals surface area (Å²) < 4.78 is 46.6. The fourth-order valence-electron chi connectivity index (χ4n) is 2.07. The smallest absolute Gasteiger partial charge is 0.279 e. The Morgan fingerprint density at radius 1 is 1.35 bits per heavy atom. The van der Waals surface area contributed by atoms with Gasteiger partial charge in [0, 0.05) is 13.1 Å². The van der Waals surface area contributed by atoms with Crippen molar-refractivity contribution in [2.75, 3.05) is 19.7 Å². The summed E-state index contributed by atoms with van der Waals surface area (Å²) in [7, 11) is -3.46. The molecule has 1 aromatic carbocycles. The summed E-state index contributed by atoms with van der Waals surface area (Å²) in [6.45, 7) is 2.87. The molecule has 0 saturated carbocycles. The minimum atomic E-state index is -3.46. The van der Waals surface area contributed by atoms with E-state index >= 15 is 0 Å². The summed E-state index contributed by atoms with van der Waals surface area (Å²) in [4.78, 5) is 0. The van der Waals surface area contributed by atoms with Crippen LogP contribution < -0.4 is 9.46 Å². The topological polar surface area (TPSA) is 58.6 Å². The van der Waals surface area contributed by atoms with Gasteiger partial charge in [0.2, 0.25) is 0 Å². The Balaban J connectivity index is 1.86. The molecule has 0 amide bonds. The fraction of sp³-hybridized carbons (Fsp3) is 0.538. The van der Waals surface area contributed by atoms with E-state index < -0.39 is 22.1 Å². The Bertz CT molecular complexity index is 544. The zero-order valence-corrected chi connectivity index (χ0v) is 12.2. The summed E-state index contributed by atoms with van der Waals surface area (Å²) in [6.07, 6.45) is 1.78. The van der Waals surface area contributed by atoms with Gasteiger partial charge in [0.25, 0.3) is 10.2 Å². The first-order valence-electron chi connectivity index (χ1n) is 6.64. The van der Waals surface area contributed by atoms with Crippen LogP contribution in [0.5, 0.6) is 5.75 Å². The second-order valence-electron chi connectivity index (χ2n) is 4.87. The summed E-state index contributed by atoms with van der Waals surface area (Å²) in [6, 6.07) is 5.62. The average molecular weight is 302 g/mol. The zero-order chi connectivity index (χ0) is 14.6. The number of ether oxygens (including phenoxy) is 1. The SMILES string of the molecule is C[C@@H](COc1ccccc1F)NS(=O)(=O)N1CCCC1. The van der Waals surface area contributed by atoms with E-state index in [4.69, 9.17) is 4.74 Å². The molecule has 1 aromatic rings. The minimum absolute atomic E-state index is 0.0774.